The molecule has 0 spiro atoms. The third kappa shape index (κ3) is 3.71. The zero-order valence-corrected chi connectivity index (χ0v) is 13.6. The lowest BCUT2D eigenvalue weighted by Gasteiger charge is -2.20. The van der Waals surface area contributed by atoms with Crippen LogP contribution in [0.1, 0.15) is 24.0 Å². The van der Waals surface area contributed by atoms with Crippen LogP contribution in [0.5, 0.6) is 0 Å². The Kier molecular flexibility index (Phi) is 4.74. The Morgan fingerprint density at radius 1 is 1.17 bits per heavy atom. The second-order valence-electron chi connectivity index (χ2n) is 5.91. The minimum atomic E-state index is -0.419. The normalized spacial score (nSPS) is 14.3. The van der Waals surface area contributed by atoms with Gasteiger partial charge in [-0.15, -0.1) is 0 Å². The van der Waals surface area contributed by atoms with Crippen LogP contribution < -0.4 is 10.3 Å². The average molecular weight is 324 g/mol. The summed E-state index contributed by atoms with van der Waals surface area (Å²) in [4.78, 5) is 12.6. The first kappa shape index (κ1) is 16.0. The first-order valence-corrected chi connectivity index (χ1v) is 8.02. The number of anilines is 2. The minimum Gasteiger partial charge on any atom is -0.371 e. The van der Waals surface area contributed by atoms with Crippen LogP contribution in [0.4, 0.5) is 17.1 Å². The van der Waals surface area contributed by atoms with E-state index in [0.717, 1.165) is 18.7 Å². The van der Waals surface area contributed by atoms with Crippen molar-refractivity contribution in [3.63, 3.8) is 0 Å². The van der Waals surface area contributed by atoms with E-state index in [9.17, 15) is 10.1 Å². The number of nitrogens with zero attached hydrogens (tertiary/aromatic N) is 3. The molecule has 0 amide bonds. The van der Waals surface area contributed by atoms with E-state index in [1.165, 1.54) is 36.2 Å². The fourth-order valence-electron chi connectivity index (χ4n) is 2.91. The summed E-state index contributed by atoms with van der Waals surface area (Å²) < 4.78 is 0. The van der Waals surface area contributed by atoms with Crippen LogP contribution in [-0.2, 0) is 0 Å². The van der Waals surface area contributed by atoms with Crippen molar-refractivity contribution >= 4 is 23.3 Å². The summed E-state index contributed by atoms with van der Waals surface area (Å²) in [6.45, 7) is 4.39. The van der Waals surface area contributed by atoms with Gasteiger partial charge in [0, 0.05) is 30.9 Å². The number of nitrogens with one attached hydrogen (secondary N) is 1. The van der Waals surface area contributed by atoms with E-state index >= 15 is 0 Å². The Hall–Kier alpha value is -2.89. The Morgan fingerprint density at radius 3 is 2.50 bits per heavy atom. The van der Waals surface area contributed by atoms with Gasteiger partial charge in [-0.05, 0) is 55.2 Å². The second-order valence-corrected chi connectivity index (χ2v) is 5.91. The smallest absolute Gasteiger partial charge is 0.269 e. The largest absolute Gasteiger partial charge is 0.371 e. The highest BCUT2D eigenvalue weighted by molar-refractivity contribution is 5.81. The van der Waals surface area contributed by atoms with Crippen molar-refractivity contribution in [3.8, 4) is 0 Å². The topological polar surface area (TPSA) is 70.8 Å². The fourth-order valence-corrected chi connectivity index (χ4v) is 2.91. The van der Waals surface area contributed by atoms with E-state index in [1.807, 2.05) is 0 Å². The molecule has 0 bridgehead atoms. The number of nitro benzene ring substituents is 1. The van der Waals surface area contributed by atoms with Gasteiger partial charge in [-0.1, -0.05) is 6.07 Å². The molecule has 0 aromatic heterocycles. The van der Waals surface area contributed by atoms with Gasteiger partial charge in [0.2, 0.25) is 0 Å². The van der Waals surface area contributed by atoms with Crippen molar-refractivity contribution in [2.24, 2.45) is 5.10 Å². The predicted octanol–water partition coefficient (Wildman–Crippen LogP) is 3.95. The second kappa shape index (κ2) is 7.12. The van der Waals surface area contributed by atoms with Crippen LogP contribution in [-0.4, -0.2) is 24.2 Å². The number of non-ortho nitro benzene ring substituents is 1. The molecule has 1 aliphatic heterocycles. The van der Waals surface area contributed by atoms with Crippen LogP contribution in [0.3, 0.4) is 0 Å². The third-order valence-corrected chi connectivity index (χ3v) is 4.15. The first-order chi connectivity index (χ1) is 11.6. The number of hydrogen-bond donors (Lipinski definition) is 1. The van der Waals surface area contributed by atoms with E-state index in [-0.39, 0.29) is 5.69 Å². The quantitative estimate of drug-likeness (QED) is 0.513. The molecule has 1 saturated heterocycles. The van der Waals surface area contributed by atoms with E-state index in [0.29, 0.717) is 5.69 Å². The predicted molar refractivity (Wildman–Crippen MR) is 96.9 cm³/mol. The molecule has 124 valence electrons. The lowest BCUT2D eigenvalue weighted by atomic mass is 10.1. The van der Waals surface area contributed by atoms with Gasteiger partial charge >= 0.3 is 0 Å². The summed E-state index contributed by atoms with van der Waals surface area (Å²) in [5, 5.41) is 14.8. The third-order valence-electron chi connectivity index (χ3n) is 4.15. The Labute approximate surface area is 141 Å². The van der Waals surface area contributed by atoms with Gasteiger partial charge in [-0.2, -0.15) is 5.10 Å². The molecule has 0 unspecified atom stereocenters. The van der Waals surface area contributed by atoms with Crippen LogP contribution in [0, 0.1) is 17.0 Å². The van der Waals surface area contributed by atoms with Crippen LogP contribution >= 0.6 is 0 Å². The van der Waals surface area contributed by atoms with Crippen molar-refractivity contribution in [2.75, 3.05) is 23.4 Å². The molecular weight excluding hydrogens is 304 g/mol. The lowest BCUT2D eigenvalue weighted by molar-refractivity contribution is -0.384. The number of nitro groups is 1. The fraction of sp³-hybridized carbons (Fsp3) is 0.278. The van der Waals surface area contributed by atoms with E-state index in [1.54, 1.807) is 18.3 Å². The number of hydrazone groups is 1. The maximum atomic E-state index is 10.6. The average Bonchev–Trinajstić information content (AvgIpc) is 3.10. The molecular formula is C18H20N4O2. The molecule has 3 rings (SSSR count). The van der Waals surface area contributed by atoms with Crippen LogP contribution in [0.15, 0.2) is 47.6 Å². The maximum Gasteiger partial charge on any atom is 0.269 e. The van der Waals surface area contributed by atoms with Crippen molar-refractivity contribution < 1.29 is 4.92 Å². The summed E-state index contributed by atoms with van der Waals surface area (Å²) in [7, 11) is 0. The molecule has 0 aliphatic carbocycles. The molecule has 2 aromatic carbocycles. The lowest BCUT2D eigenvalue weighted by Crippen LogP contribution is -2.18. The number of benzene rings is 2. The molecule has 2 aromatic rings. The summed E-state index contributed by atoms with van der Waals surface area (Å²) >= 11 is 0. The molecule has 24 heavy (non-hydrogen) atoms. The summed E-state index contributed by atoms with van der Waals surface area (Å²) in [5.41, 5.74) is 7.23. The minimum absolute atomic E-state index is 0.0673. The highest BCUT2D eigenvalue weighted by atomic mass is 16.6. The standard InChI is InChI=1S/C18H20N4O2/c1-14-12-15(4-9-18(14)21-10-2-3-11-21)13-19-20-16-5-7-17(8-6-16)22(23)24/h4-9,12-13,20H,2-3,10-11H2,1H3. The maximum absolute atomic E-state index is 10.6. The van der Waals surface area contributed by atoms with Crippen molar-refractivity contribution in [3.05, 3.63) is 63.7 Å². The van der Waals surface area contributed by atoms with Gasteiger partial charge in [-0.3, -0.25) is 15.5 Å². The Morgan fingerprint density at radius 2 is 1.88 bits per heavy atom. The van der Waals surface area contributed by atoms with Crippen LogP contribution in [0.2, 0.25) is 0 Å². The molecule has 1 heterocycles. The molecule has 0 atom stereocenters. The zero-order valence-electron chi connectivity index (χ0n) is 13.6. The van der Waals surface area contributed by atoms with Gasteiger partial charge < -0.3 is 4.90 Å². The van der Waals surface area contributed by atoms with Crippen LogP contribution in [0.25, 0.3) is 0 Å². The van der Waals surface area contributed by atoms with Crippen molar-refractivity contribution in [1.82, 2.24) is 0 Å². The molecule has 0 radical (unpaired) electrons. The summed E-state index contributed by atoms with van der Waals surface area (Å²) in [5.74, 6) is 0. The SMILES string of the molecule is Cc1cc(C=NNc2ccc([N+](=O)[O-])cc2)ccc1N1CCCC1. The molecule has 1 N–H and O–H groups in total. The summed E-state index contributed by atoms with van der Waals surface area (Å²) in [6.07, 6.45) is 4.28. The van der Waals surface area contributed by atoms with Gasteiger partial charge in [0.05, 0.1) is 16.8 Å². The number of aryl methyl sites for hydroxylation is 1. The van der Waals surface area contributed by atoms with Gasteiger partial charge in [0.15, 0.2) is 0 Å². The van der Waals surface area contributed by atoms with Crippen molar-refractivity contribution in [1.29, 1.82) is 0 Å². The van der Waals surface area contributed by atoms with Gasteiger partial charge in [0.1, 0.15) is 0 Å². The zero-order chi connectivity index (χ0) is 16.9. The molecule has 6 heteroatoms. The highest BCUT2D eigenvalue weighted by Crippen LogP contribution is 2.24. The van der Waals surface area contributed by atoms with E-state index in [2.05, 4.69) is 40.5 Å². The molecule has 1 aliphatic rings. The van der Waals surface area contributed by atoms with Gasteiger partial charge in [-0.25, -0.2) is 0 Å². The Bertz CT molecular complexity index is 750. The highest BCUT2D eigenvalue weighted by Gasteiger charge is 2.13. The van der Waals surface area contributed by atoms with E-state index < -0.39 is 4.92 Å². The number of rotatable bonds is 5. The van der Waals surface area contributed by atoms with Gasteiger partial charge in [0.25, 0.3) is 5.69 Å². The molecule has 1 fully saturated rings. The summed E-state index contributed by atoms with van der Waals surface area (Å²) in [6, 6.07) is 12.5. The molecule has 0 saturated carbocycles. The van der Waals surface area contributed by atoms with Crippen molar-refractivity contribution in [2.45, 2.75) is 19.8 Å². The van der Waals surface area contributed by atoms with E-state index in [4.69, 9.17) is 0 Å². The monoisotopic (exact) mass is 324 g/mol. The molecule has 6 nitrogen and oxygen atoms in total. The number of hydrogen-bond acceptors (Lipinski definition) is 5. The first-order valence-electron chi connectivity index (χ1n) is 8.02. The Balaban J connectivity index is 1.63.